The number of hydrogen-bond acceptors (Lipinski definition) is 5. The minimum absolute atomic E-state index is 0.163. The molecule has 1 N–H and O–H groups in total. The average Bonchev–Trinajstić information content (AvgIpc) is 2.87. The molecule has 5 nitrogen and oxygen atoms in total. The summed E-state index contributed by atoms with van der Waals surface area (Å²) in [6.07, 6.45) is 1.28. The molecule has 0 aliphatic carbocycles. The van der Waals surface area contributed by atoms with Gasteiger partial charge in [-0.15, -0.1) is 0 Å². The summed E-state index contributed by atoms with van der Waals surface area (Å²) in [7, 11) is 0. The Morgan fingerprint density at radius 3 is 3.00 bits per heavy atom. The molecule has 0 spiro atoms. The minimum Gasteiger partial charge on any atom is -0.461 e. The molecule has 2 rings (SSSR count). The minimum atomic E-state index is -0.486. The van der Waals surface area contributed by atoms with Crippen LogP contribution in [0.25, 0.3) is 0 Å². The van der Waals surface area contributed by atoms with Crippen LogP contribution in [0.2, 0.25) is 0 Å². The van der Waals surface area contributed by atoms with Gasteiger partial charge < -0.3 is 14.5 Å². The molecule has 6 heteroatoms. The van der Waals surface area contributed by atoms with Gasteiger partial charge in [0.1, 0.15) is 6.26 Å². The van der Waals surface area contributed by atoms with Gasteiger partial charge in [-0.2, -0.15) is 4.98 Å². The van der Waals surface area contributed by atoms with E-state index >= 15 is 0 Å². The van der Waals surface area contributed by atoms with Gasteiger partial charge in [-0.3, -0.25) is 0 Å². The van der Waals surface area contributed by atoms with E-state index in [1.807, 2.05) is 24.3 Å². The first-order valence-electron chi connectivity index (χ1n) is 5.80. The Kier molecular flexibility index (Phi) is 4.57. The van der Waals surface area contributed by atoms with Crippen LogP contribution in [0.5, 0.6) is 0 Å². The number of oxazole rings is 1. The number of esters is 1. The van der Waals surface area contributed by atoms with E-state index in [1.54, 1.807) is 6.92 Å². The van der Waals surface area contributed by atoms with Crippen molar-refractivity contribution in [2.45, 2.75) is 13.5 Å². The lowest BCUT2D eigenvalue weighted by atomic mass is 10.2. The van der Waals surface area contributed by atoms with Crippen molar-refractivity contribution in [2.75, 3.05) is 11.9 Å². The van der Waals surface area contributed by atoms with Gasteiger partial charge >= 0.3 is 5.97 Å². The first-order valence-corrected chi connectivity index (χ1v) is 6.60. The van der Waals surface area contributed by atoms with Gasteiger partial charge in [0.05, 0.1) is 6.61 Å². The number of nitrogens with one attached hydrogen (secondary N) is 1. The van der Waals surface area contributed by atoms with Gasteiger partial charge in [-0.25, -0.2) is 4.79 Å². The summed E-state index contributed by atoms with van der Waals surface area (Å²) in [4.78, 5) is 15.4. The van der Waals surface area contributed by atoms with Gasteiger partial charge in [0.15, 0.2) is 5.69 Å². The molecule has 0 unspecified atom stereocenters. The highest BCUT2D eigenvalue weighted by Gasteiger charge is 2.12. The smallest absolute Gasteiger partial charge is 0.360 e. The lowest BCUT2D eigenvalue weighted by Gasteiger charge is -2.03. The Morgan fingerprint density at radius 2 is 2.26 bits per heavy atom. The van der Waals surface area contributed by atoms with Crippen LogP contribution in [-0.2, 0) is 11.3 Å². The number of carbonyl (C=O) groups is 1. The summed E-state index contributed by atoms with van der Waals surface area (Å²) in [6, 6.07) is 8.11. The van der Waals surface area contributed by atoms with Crippen LogP contribution in [0.15, 0.2) is 39.4 Å². The molecule has 0 bridgehead atoms. The van der Waals surface area contributed by atoms with Crippen molar-refractivity contribution >= 4 is 27.9 Å². The van der Waals surface area contributed by atoms with Crippen molar-refractivity contribution in [1.82, 2.24) is 4.98 Å². The summed E-state index contributed by atoms with van der Waals surface area (Å²) >= 11 is 3.45. The van der Waals surface area contributed by atoms with Crippen LogP contribution >= 0.6 is 15.9 Å². The van der Waals surface area contributed by atoms with Crippen molar-refractivity contribution in [1.29, 1.82) is 0 Å². The van der Waals surface area contributed by atoms with E-state index in [1.165, 1.54) is 6.26 Å². The molecule has 1 aromatic carbocycles. The Balaban J connectivity index is 1.97. The second-order valence-corrected chi connectivity index (χ2v) is 4.56. The molecule has 0 saturated carbocycles. The number of nitrogens with zero attached hydrogens (tertiary/aromatic N) is 1. The summed E-state index contributed by atoms with van der Waals surface area (Å²) in [5.41, 5.74) is 1.23. The van der Waals surface area contributed by atoms with Crippen molar-refractivity contribution in [3.05, 3.63) is 46.3 Å². The van der Waals surface area contributed by atoms with Crippen molar-refractivity contribution in [2.24, 2.45) is 0 Å². The van der Waals surface area contributed by atoms with E-state index in [0.29, 0.717) is 19.2 Å². The van der Waals surface area contributed by atoms with E-state index in [0.717, 1.165) is 10.0 Å². The van der Waals surface area contributed by atoms with Crippen molar-refractivity contribution in [3.8, 4) is 0 Å². The fourth-order valence-corrected chi connectivity index (χ4v) is 1.89. The second kappa shape index (κ2) is 6.38. The zero-order valence-corrected chi connectivity index (χ0v) is 11.9. The van der Waals surface area contributed by atoms with Crippen molar-refractivity contribution < 1.29 is 13.9 Å². The zero-order chi connectivity index (χ0) is 13.7. The van der Waals surface area contributed by atoms with Gasteiger partial charge in [0, 0.05) is 11.0 Å². The van der Waals surface area contributed by atoms with Crippen LogP contribution in [0.1, 0.15) is 23.0 Å². The van der Waals surface area contributed by atoms with Crippen LogP contribution in [0.4, 0.5) is 6.01 Å². The molecule has 0 saturated heterocycles. The number of rotatable bonds is 5. The quantitative estimate of drug-likeness (QED) is 0.855. The van der Waals surface area contributed by atoms with Crippen LogP contribution < -0.4 is 5.32 Å². The van der Waals surface area contributed by atoms with Gasteiger partial charge in [-0.1, -0.05) is 34.1 Å². The highest BCUT2D eigenvalue weighted by atomic mass is 79.9. The maximum atomic E-state index is 11.4. The summed E-state index contributed by atoms with van der Waals surface area (Å²) in [5, 5.41) is 3.00. The maximum Gasteiger partial charge on any atom is 0.360 e. The fourth-order valence-electron chi connectivity index (χ4n) is 1.47. The normalized spacial score (nSPS) is 10.2. The van der Waals surface area contributed by atoms with Crippen molar-refractivity contribution in [3.63, 3.8) is 0 Å². The zero-order valence-electron chi connectivity index (χ0n) is 10.4. The molecule has 2 aromatic rings. The first kappa shape index (κ1) is 13.6. The number of hydrogen-bond donors (Lipinski definition) is 1. The third kappa shape index (κ3) is 3.57. The van der Waals surface area contributed by atoms with E-state index in [9.17, 15) is 4.79 Å². The molecule has 1 aromatic heterocycles. The van der Waals surface area contributed by atoms with Gasteiger partial charge in [-0.05, 0) is 18.6 Å². The van der Waals surface area contributed by atoms with Crippen LogP contribution in [0.3, 0.4) is 0 Å². The third-order valence-electron chi connectivity index (χ3n) is 2.38. The lowest BCUT2D eigenvalue weighted by molar-refractivity contribution is 0.0519. The standard InChI is InChI=1S/C13H13BrN2O3/c1-2-18-12(17)11-8-19-13(16-11)15-7-9-5-3-4-6-10(9)14/h3-6,8H,2,7H2,1H3,(H,15,16). The number of ether oxygens (including phenoxy) is 1. The molecule has 1 heterocycles. The molecule has 0 radical (unpaired) electrons. The second-order valence-electron chi connectivity index (χ2n) is 3.70. The average molecular weight is 325 g/mol. The molecule has 0 aliphatic heterocycles. The molecule has 0 fully saturated rings. The summed E-state index contributed by atoms with van der Waals surface area (Å²) < 4.78 is 11.0. The molecular weight excluding hydrogens is 312 g/mol. The number of benzene rings is 1. The largest absolute Gasteiger partial charge is 0.461 e. The highest BCUT2D eigenvalue weighted by molar-refractivity contribution is 9.10. The summed E-state index contributed by atoms with van der Waals surface area (Å²) in [5.74, 6) is -0.486. The van der Waals surface area contributed by atoms with E-state index in [-0.39, 0.29) is 5.69 Å². The highest BCUT2D eigenvalue weighted by Crippen LogP contribution is 2.17. The Bertz CT molecular complexity index is 569. The molecule has 0 amide bonds. The molecular formula is C13H13BrN2O3. The monoisotopic (exact) mass is 324 g/mol. The van der Waals surface area contributed by atoms with Crippen LogP contribution in [0, 0.1) is 0 Å². The predicted molar refractivity (Wildman–Crippen MR) is 73.9 cm³/mol. The Labute approximate surface area is 119 Å². The molecule has 0 aliphatic rings. The van der Waals surface area contributed by atoms with Gasteiger partial charge in [0.25, 0.3) is 6.01 Å². The molecule has 0 atom stereocenters. The number of aromatic nitrogens is 1. The SMILES string of the molecule is CCOC(=O)c1coc(NCc2ccccc2Br)n1. The predicted octanol–water partition coefficient (Wildman–Crippen LogP) is 3.23. The van der Waals surface area contributed by atoms with E-state index in [4.69, 9.17) is 9.15 Å². The maximum absolute atomic E-state index is 11.4. The molecule has 100 valence electrons. The summed E-state index contributed by atoms with van der Waals surface area (Å²) in [6.45, 7) is 2.60. The Morgan fingerprint density at radius 1 is 1.47 bits per heavy atom. The third-order valence-corrected chi connectivity index (χ3v) is 3.15. The first-order chi connectivity index (χ1) is 9.20. The topological polar surface area (TPSA) is 64.4 Å². The lowest BCUT2D eigenvalue weighted by Crippen LogP contribution is -2.05. The number of carbonyl (C=O) groups excluding carboxylic acids is 1. The van der Waals surface area contributed by atoms with E-state index in [2.05, 4.69) is 26.2 Å². The number of anilines is 1. The fraction of sp³-hybridized carbons (Fsp3) is 0.231. The molecule has 19 heavy (non-hydrogen) atoms. The van der Waals surface area contributed by atoms with Crippen LogP contribution in [-0.4, -0.2) is 17.6 Å². The number of halogens is 1. The van der Waals surface area contributed by atoms with E-state index < -0.39 is 5.97 Å². The van der Waals surface area contributed by atoms with Gasteiger partial charge in [0.2, 0.25) is 0 Å². The Hall–Kier alpha value is -1.82.